The Morgan fingerprint density at radius 3 is 2.70 bits per heavy atom. The largest absolute Gasteiger partial charge is 0.493 e. The minimum atomic E-state index is 0.211. The Morgan fingerprint density at radius 2 is 2.04 bits per heavy atom. The second-order valence-corrected chi connectivity index (χ2v) is 6.24. The van der Waals surface area contributed by atoms with Gasteiger partial charge in [0.25, 0.3) is 0 Å². The molecule has 2 aromatic rings. The molecule has 0 saturated heterocycles. The number of hydrogen-bond donors (Lipinski definition) is 0. The number of terminal acetylenes is 1. The molecule has 0 heterocycles. The molecule has 0 radical (unpaired) electrons. The maximum Gasteiger partial charge on any atom is 0.175 e. The van der Waals surface area contributed by atoms with Gasteiger partial charge < -0.3 is 9.47 Å². The van der Waals surface area contributed by atoms with Gasteiger partial charge in [-0.3, -0.25) is 4.99 Å². The number of aliphatic imine (C=N–C) groups is 1. The Hall–Kier alpha value is -2.00. The SMILES string of the molecule is C#CCOc1c(I)cc(C=Nc2ccc(C)cc2C)cc1OC. The first-order valence-corrected chi connectivity index (χ1v) is 8.18. The fourth-order valence-corrected chi connectivity index (χ4v) is 2.94. The van der Waals surface area contributed by atoms with Gasteiger partial charge >= 0.3 is 0 Å². The standard InChI is InChI=1S/C19H18INO2/c1-5-8-23-19-16(20)10-15(11-18(19)22-4)12-21-17-7-6-13(2)9-14(17)3/h1,6-7,9-12H,8H2,2-4H3. The summed E-state index contributed by atoms with van der Waals surface area (Å²) in [4.78, 5) is 4.57. The number of ether oxygens (including phenoxy) is 2. The van der Waals surface area contributed by atoms with Gasteiger partial charge in [0, 0.05) is 6.21 Å². The molecule has 0 N–H and O–H groups in total. The third-order valence-corrected chi connectivity index (χ3v) is 4.06. The fraction of sp³-hybridized carbons (Fsp3) is 0.211. The third-order valence-electron chi connectivity index (χ3n) is 3.26. The molecular weight excluding hydrogens is 401 g/mol. The summed E-state index contributed by atoms with van der Waals surface area (Å²) in [5.74, 6) is 3.77. The zero-order valence-electron chi connectivity index (χ0n) is 13.4. The first kappa shape index (κ1) is 17.4. The highest BCUT2D eigenvalue weighted by atomic mass is 127. The maximum atomic E-state index is 5.54. The molecule has 0 amide bonds. The van der Waals surface area contributed by atoms with Crippen molar-refractivity contribution in [1.29, 1.82) is 0 Å². The van der Waals surface area contributed by atoms with Gasteiger partial charge in [0.2, 0.25) is 0 Å². The monoisotopic (exact) mass is 419 g/mol. The summed E-state index contributed by atoms with van der Waals surface area (Å²) >= 11 is 2.20. The highest BCUT2D eigenvalue weighted by Crippen LogP contribution is 2.33. The number of nitrogens with zero attached hydrogens (tertiary/aromatic N) is 1. The van der Waals surface area contributed by atoms with Crippen LogP contribution in [0.1, 0.15) is 16.7 Å². The molecule has 4 heteroatoms. The Kier molecular flexibility index (Phi) is 6.05. The minimum absolute atomic E-state index is 0.211. The summed E-state index contributed by atoms with van der Waals surface area (Å²) < 4.78 is 11.9. The van der Waals surface area contributed by atoms with Crippen molar-refractivity contribution in [3.63, 3.8) is 0 Å². The lowest BCUT2D eigenvalue weighted by Gasteiger charge is -2.11. The maximum absolute atomic E-state index is 5.54. The van der Waals surface area contributed by atoms with Crippen molar-refractivity contribution in [1.82, 2.24) is 0 Å². The van der Waals surface area contributed by atoms with Gasteiger partial charge in [-0.05, 0) is 65.8 Å². The molecule has 0 aliphatic rings. The number of halogens is 1. The fourth-order valence-electron chi connectivity index (χ4n) is 2.16. The molecular formula is C19H18INO2. The Bertz CT molecular complexity index is 776. The molecule has 2 aromatic carbocycles. The van der Waals surface area contributed by atoms with E-state index in [0.29, 0.717) is 11.5 Å². The van der Waals surface area contributed by atoms with Gasteiger partial charge in [0.05, 0.1) is 16.4 Å². The Morgan fingerprint density at radius 1 is 1.26 bits per heavy atom. The van der Waals surface area contributed by atoms with E-state index in [4.69, 9.17) is 15.9 Å². The van der Waals surface area contributed by atoms with Gasteiger partial charge in [0.1, 0.15) is 6.61 Å². The lowest BCUT2D eigenvalue weighted by atomic mass is 10.1. The van der Waals surface area contributed by atoms with Gasteiger partial charge in [-0.2, -0.15) is 0 Å². The van der Waals surface area contributed by atoms with E-state index in [2.05, 4.69) is 59.5 Å². The van der Waals surface area contributed by atoms with Crippen LogP contribution in [0.3, 0.4) is 0 Å². The lowest BCUT2D eigenvalue weighted by Crippen LogP contribution is -2.00. The molecule has 0 aliphatic carbocycles. The molecule has 0 unspecified atom stereocenters. The molecule has 0 fully saturated rings. The van der Waals surface area contributed by atoms with Crippen LogP contribution in [-0.4, -0.2) is 19.9 Å². The van der Waals surface area contributed by atoms with Crippen molar-refractivity contribution < 1.29 is 9.47 Å². The molecule has 2 rings (SSSR count). The number of benzene rings is 2. The van der Waals surface area contributed by atoms with E-state index < -0.39 is 0 Å². The lowest BCUT2D eigenvalue weighted by molar-refractivity contribution is 0.328. The predicted molar refractivity (Wildman–Crippen MR) is 103 cm³/mol. The average molecular weight is 419 g/mol. The van der Waals surface area contributed by atoms with Crippen LogP contribution >= 0.6 is 22.6 Å². The van der Waals surface area contributed by atoms with Crippen molar-refractivity contribution in [2.45, 2.75) is 13.8 Å². The summed E-state index contributed by atoms with van der Waals surface area (Å²) in [5, 5.41) is 0. The van der Waals surface area contributed by atoms with Crippen molar-refractivity contribution in [2.75, 3.05) is 13.7 Å². The second kappa shape index (κ2) is 8.02. The molecule has 0 saturated carbocycles. The normalized spacial score (nSPS) is 10.6. The van der Waals surface area contributed by atoms with E-state index >= 15 is 0 Å². The van der Waals surface area contributed by atoms with Crippen LogP contribution in [0.15, 0.2) is 35.3 Å². The van der Waals surface area contributed by atoms with E-state index in [-0.39, 0.29) is 6.61 Å². The van der Waals surface area contributed by atoms with E-state index in [1.165, 1.54) is 5.56 Å². The van der Waals surface area contributed by atoms with Gasteiger partial charge in [0.15, 0.2) is 11.5 Å². The Labute approximate surface area is 150 Å². The van der Waals surface area contributed by atoms with Crippen LogP contribution in [0, 0.1) is 29.8 Å². The third kappa shape index (κ3) is 4.49. The molecule has 23 heavy (non-hydrogen) atoms. The summed E-state index contributed by atoms with van der Waals surface area (Å²) in [6, 6.07) is 10.1. The van der Waals surface area contributed by atoms with Crippen LogP contribution in [0.2, 0.25) is 0 Å². The topological polar surface area (TPSA) is 30.8 Å². The van der Waals surface area contributed by atoms with Crippen LogP contribution in [0.4, 0.5) is 5.69 Å². The van der Waals surface area contributed by atoms with Crippen molar-refractivity contribution >= 4 is 34.5 Å². The van der Waals surface area contributed by atoms with Crippen molar-refractivity contribution in [2.24, 2.45) is 4.99 Å². The van der Waals surface area contributed by atoms with Crippen LogP contribution in [-0.2, 0) is 0 Å². The molecule has 0 aromatic heterocycles. The Balaban J connectivity index is 2.31. The predicted octanol–water partition coefficient (Wildman–Crippen LogP) is 4.68. The van der Waals surface area contributed by atoms with Gasteiger partial charge in [-0.1, -0.05) is 23.6 Å². The summed E-state index contributed by atoms with van der Waals surface area (Å²) in [5.41, 5.74) is 4.28. The highest BCUT2D eigenvalue weighted by Gasteiger charge is 2.10. The molecule has 3 nitrogen and oxygen atoms in total. The van der Waals surface area contributed by atoms with E-state index in [0.717, 1.165) is 20.4 Å². The summed E-state index contributed by atoms with van der Waals surface area (Å²) in [6.07, 6.45) is 7.07. The van der Waals surface area contributed by atoms with Crippen molar-refractivity contribution in [3.05, 3.63) is 50.6 Å². The summed E-state index contributed by atoms with van der Waals surface area (Å²) in [6.45, 7) is 4.34. The minimum Gasteiger partial charge on any atom is -0.493 e. The quantitative estimate of drug-likeness (QED) is 0.401. The number of hydrogen-bond acceptors (Lipinski definition) is 3. The highest BCUT2D eigenvalue weighted by molar-refractivity contribution is 14.1. The summed E-state index contributed by atoms with van der Waals surface area (Å²) in [7, 11) is 1.61. The molecule has 118 valence electrons. The van der Waals surface area contributed by atoms with Crippen LogP contribution in [0.5, 0.6) is 11.5 Å². The number of rotatable bonds is 5. The van der Waals surface area contributed by atoms with Crippen LogP contribution in [0.25, 0.3) is 0 Å². The first-order valence-electron chi connectivity index (χ1n) is 7.10. The number of aryl methyl sites for hydroxylation is 2. The average Bonchev–Trinajstić information content (AvgIpc) is 2.52. The van der Waals surface area contributed by atoms with Gasteiger partial charge in [-0.25, -0.2) is 0 Å². The van der Waals surface area contributed by atoms with Gasteiger partial charge in [-0.15, -0.1) is 6.42 Å². The van der Waals surface area contributed by atoms with E-state index in [1.807, 2.05) is 24.4 Å². The molecule has 0 atom stereocenters. The van der Waals surface area contributed by atoms with E-state index in [9.17, 15) is 0 Å². The zero-order chi connectivity index (χ0) is 16.8. The molecule has 0 bridgehead atoms. The zero-order valence-corrected chi connectivity index (χ0v) is 15.5. The molecule has 0 spiro atoms. The number of methoxy groups -OCH3 is 1. The van der Waals surface area contributed by atoms with E-state index in [1.54, 1.807) is 7.11 Å². The van der Waals surface area contributed by atoms with Crippen LogP contribution < -0.4 is 9.47 Å². The van der Waals surface area contributed by atoms with Crippen molar-refractivity contribution in [3.8, 4) is 23.8 Å². The first-order chi connectivity index (χ1) is 11.0. The second-order valence-electron chi connectivity index (χ2n) is 5.08. The molecule has 0 aliphatic heterocycles. The smallest absolute Gasteiger partial charge is 0.175 e.